The van der Waals surface area contributed by atoms with E-state index in [9.17, 15) is 13.5 Å². The Hall–Kier alpha value is -2.77. The van der Waals surface area contributed by atoms with Crippen LogP contribution in [0.25, 0.3) is 10.8 Å². The lowest BCUT2D eigenvalue weighted by Gasteiger charge is -2.10. The van der Waals surface area contributed by atoms with Gasteiger partial charge in [0, 0.05) is 17.3 Å². The molecule has 0 amide bonds. The van der Waals surface area contributed by atoms with E-state index in [1.807, 2.05) is 0 Å². The van der Waals surface area contributed by atoms with Crippen LogP contribution >= 0.6 is 0 Å². The first-order chi connectivity index (χ1) is 12.0. The van der Waals surface area contributed by atoms with Gasteiger partial charge in [-0.1, -0.05) is 30.3 Å². The summed E-state index contributed by atoms with van der Waals surface area (Å²) in [6.07, 6.45) is 0. The predicted molar refractivity (Wildman–Crippen MR) is 92.2 cm³/mol. The number of phenols is 1. The summed E-state index contributed by atoms with van der Waals surface area (Å²) >= 11 is 0. The van der Waals surface area contributed by atoms with Crippen LogP contribution in [0.1, 0.15) is 5.56 Å². The summed E-state index contributed by atoms with van der Waals surface area (Å²) < 4.78 is 38.6. The molecule has 128 valence electrons. The van der Waals surface area contributed by atoms with Gasteiger partial charge in [-0.25, -0.2) is 13.1 Å². The maximum absolute atomic E-state index is 12.7. The van der Waals surface area contributed by atoms with Crippen molar-refractivity contribution in [2.75, 3.05) is 6.79 Å². The van der Waals surface area contributed by atoms with Gasteiger partial charge in [0.05, 0.1) is 4.90 Å². The maximum atomic E-state index is 12.7. The number of hydrogen-bond acceptors (Lipinski definition) is 5. The molecule has 3 aromatic rings. The summed E-state index contributed by atoms with van der Waals surface area (Å²) in [4.78, 5) is 0.127. The lowest BCUT2D eigenvalue weighted by Crippen LogP contribution is -2.23. The molecule has 1 aliphatic heterocycles. The van der Waals surface area contributed by atoms with Crippen molar-refractivity contribution in [2.45, 2.75) is 11.4 Å². The van der Waals surface area contributed by atoms with Gasteiger partial charge in [0.1, 0.15) is 5.75 Å². The van der Waals surface area contributed by atoms with Crippen molar-refractivity contribution < 1.29 is 23.0 Å². The molecule has 0 atom stereocenters. The number of phenolic OH excluding ortho intramolecular Hbond substituents is 1. The Morgan fingerprint density at radius 1 is 0.960 bits per heavy atom. The van der Waals surface area contributed by atoms with E-state index in [1.165, 1.54) is 12.1 Å². The lowest BCUT2D eigenvalue weighted by atomic mass is 10.1. The maximum Gasteiger partial charge on any atom is 0.241 e. The van der Waals surface area contributed by atoms with Crippen LogP contribution in [-0.2, 0) is 16.6 Å². The van der Waals surface area contributed by atoms with Crippen LogP contribution in [0.4, 0.5) is 0 Å². The summed E-state index contributed by atoms with van der Waals surface area (Å²) in [5.41, 5.74) is 0.760. The first-order valence-electron chi connectivity index (χ1n) is 7.63. The Morgan fingerprint density at radius 2 is 1.72 bits per heavy atom. The third-order valence-corrected chi connectivity index (χ3v) is 5.51. The second-order valence-corrected chi connectivity index (χ2v) is 7.38. The summed E-state index contributed by atoms with van der Waals surface area (Å²) in [5, 5.41) is 10.9. The molecule has 1 aliphatic rings. The van der Waals surface area contributed by atoms with Gasteiger partial charge in [0.2, 0.25) is 16.8 Å². The summed E-state index contributed by atoms with van der Waals surface area (Å²) in [6, 6.07) is 14.9. The molecule has 0 aliphatic carbocycles. The zero-order chi connectivity index (χ0) is 17.4. The molecular formula is C18H15NO5S. The number of fused-ring (bicyclic) bond motifs is 2. The highest BCUT2D eigenvalue weighted by molar-refractivity contribution is 7.89. The molecule has 0 spiro atoms. The molecular weight excluding hydrogens is 342 g/mol. The number of nitrogens with one attached hydrogen (secondary N) is 1. The predicted octanol–water partition coefficient (Wildman–Crippen LogP) is 2.75. The van der Waals surface area contributed by atoms with Crippen LogP contribution in [0.2, 0.25) is 0 Å². The number of aromatic hydroxyl groups is 1. The summed E-state index contributed by atoms with van der Waals surface area (Å²) in [7, 11) is -3.75. The Balaban J connectivity index is 1.63. The van der Waals surface area contributed by atoms with Gasteiger partial charge in [0.15, 0.2) is 11.5 Å². The lowest BCUT2D eigenvalue weighted by molar-refractivity contribution is 0.174. The van der Waals surface area contributed by atoms with Gasteiger partial charge in [-0.2, -0.15) is 0 Å². The average molecular weight is 357 g/mol. The van der Waals surface area contributed by atoms with Crippen molar-refractivity contribution in [1.82, 2.24) is 4.72 Å². The van der Waals surface area contributed by atoms with Crippen molar-refractivity contribution in [2.24, 2.45) is 0 Å². The van der Waals surface area contributed by atoms with Crippen molar-refractivity contribution in [3.63, 3.8) is 0 Å². The van der Waals surface area contributed by atoms with Crippen LogP contribution in [0.3, 0.4) is 0 Å². The highest BCUT2D eigenvalue weighted by Crippen LogP contribution is 2.33. The molecule has 1 heterocycles. The highest BCUT2D eigenvalue weighted by atomic mass is 32.2. The van der Waals surface area contributed by atoms with Gasteiger partial charge in [0.25, 0.3) is 0 Å². The minimum absolute atomic E-state index is 0.0466. The standard InChI is InChI=1S/C18H15NO5S/c20-15-5-1-4-14-13(15)3-2-6-18(14)25(21,22)19-10-12-7-8-16-17(9-12)24-11-23-16/h1-9,19-20H,10-11H2. The van der Waals surface area contributed by atoms with Crippen molar-refractivity contribution >= 4 is 20.8 Å². The van der Waals surface area contributed by atoms with E-state index in [4.69, 9.17) is 9.47 Å². The Labute approximate surface area is 144 Å². The number of sulfonamides is 1. The zero-order valence-electron chi connectivity index (χ0n) is 13.1. The third-order valence-electron chi connectivity index (χ3n) is 4.05. The van der Waals surface area contributed by atoms with E-state index in [0.717, 1.165) is 5.56 Å². The first-order valence-corrected chi connectivity index (χ1v) is 9.12. The van der Waals surface area contributed by atoms with Crippen LogP contribution in [0.15, 0.2) is 59.5 Å². The molecule has 0 fully saturated rings. The number of hydrogen-bond donors (Lipinski definition) is 2. The third kappa shape index (κ3) is 2.88. The number of rotatable bonds is 4. The quantitative estimate of drug-likeness (QED) is 0.750. The van der Waals surface area contributed by atoms with E-state index >= 15 is 0 Å². The molecule has 0 unspecified atom stereocenters. The minimum Gasteiger partial charge on any atom is -0.507 e. The van der Waals surface area contributed by atoms with Gasteiger partial charge in [-0.15, -0.1) is 0 Å². The van der Waals surface area contributed by atoms with Crippen LogP contribution in [-0.4, -0.2) is 20.3 Å². The molecule has 2 N–H and O–H groups in total. The number of benzene rings is 3. The topological polar surface area (TPSA) is 84.9 Å². The second-order valence-electron chi connectivity index (χ2n) is 5.64. The smallest absolute Gasteiger partial charge is 0.241 e. The fourth-order valence-electron chi connectivity index (χ4n) is 2.81. The molecule has 0 saturated heterocycles. The van der Waals surface area contributed by atoms with Gasteiger partial charge < -0.3 is 14.6 Å². The monoisotopic (exact) mass is 357 g/mol. The van der Waals surface area contributed by atoms with E-state index in [0.29, 0.717) is 22.3 Å². The van der Waals surface area contributed by atoms with E-state index in [2.05, 4.69) is 4.72 Å². The molecule has 0 saturated carbocycles. The largest absolute Gasteiger partial charge is 0.507 e. The first kappa shape index (κ1) is 15.7. The van der Waals surface area contributed by atoms with Crippen LogP contribution < -0.4 is 14.2 Å². The van der Waals surface area contributed by atoms with E-state index in [-0.39, 0.29) is 24.0 Å². The second kappa shape index (κ2) is 5.94. The van der Waals surface area contributed by atoms with Crippen molar-refractivity contribution in [1.29, 1.82) is 0 Å². The SMILES string of the molecule is O=S(=O)(NCc1ccc2c(c1)OCO2)c1cccc2c(O)cccc12. The van der Waals surface area contributed by atoms with Crippen molar-refractivity contribution in [3.05, 3.63) is 60.2 Å². The Kier molecular flexibility index (Phi) is 3.74. The molecule has 0 aromatic heterocycles. The Morgan fingerprint density at radius 3 is 2.60 bits per heavy atom. The molecule has 25 heavy (non-hydrogen) atoms. The van der Waals surface area contributed by atoms with Gasteiger partial charge in [-0.3, -0.25) is 0 Å². The normalized spacial score (nSPS) is 13.3. The molecule has 3 aromatic carbocycles. The average Bonchev–Trinajstić information content (AvgIpc) is 3.08. The Bertz CT molecular complexity index is 1060. The van der Waals surface area contributed by atoms with E-state index in [1.54, 1.807) is 42.5 Å². The fourth-order valence-corrected chi connectivity index (χ4v) is 4.04. The summed E-state index contributed by atoms with van der Waals surface area (Å²) in [5.74, 6) is 1.30. The molecule has 4 rings (SSSR count). The van der Waals surface area contributed by atoms with Gasteiger partial charge >= 0.3 is 0 Å². The fraction of sp³-hybridized carbons (Fsp3) is 0.111. The molecule has 0 radical (unpaired) electrons. The van der Waals surface area contributed by atoms with Crippen LogP contribution in [0.5, 0.6) is 17.2 Å². The number of ether oxygens (including phenoxy) is 2. The van der Waals surface area contributed by atoms with Crippen molar-refractivity contribution in [3.8, 4) is 17.2 Å². The van der Waals surface area contributed by atoms with E-state index < -0.39 is 10.0 Å². The van der Waals surface area contributed by atoms with Gasteiger partial charge in [-0.05, 0) is 29.8 Å². The highest BCUT2D eigenvalue weighted by Gasteiger charge is 2.19. The zero-order valence-corrected chi connectivity index (χ0v) is 13.9. The molecule has 7 heteroatoms. The van der Waals surface area contributed by atoms with Crippen LogP contribution in [0, 0.1) is 0 Å². The minimum atomic E-state index is -3.75. The summed E-state index contributed by atoms with van der Waals surface area (Å²) in [6.45, 7) is 0.290. The molecule has 6 nitrogen and oxygen atoms in total. The molecule has 0 bridgehead atoms.